The average molecular weight is 371 g/mol. The normalized spacial score (nSPS) is 10.9. The zero-order valence-corrected chi connectivity index (χ0v) is 16.1. The maximum atomic E-state index is 12.9. The number of hydrogen-bond donors (Lipinski definition) is 0. The Morgan fingerprint density at radius 1 is 1.23 bits per heavy atom. The second-order valence-electron chi connectivity index (χ2n) is 6.12. The molecule has 0 atom stereocenters. The second-order valence-corrected chi connectivity index (χ2v) is 7.09. The van der Waals surface area contributed by atoms with Crippen LogP contribution in [0.25, 0.3) is 0 Å². The van der Waals surface area contributed by atoms with Crippen LogP contribution < -0.4 is 0 Å². The monoisotopic (exact) mass is 371 g/mol. The number of aromatic nitrogens is 2. The van der Waals surface area contributed by atoms with Crippen molar-refractivity contribution >= 4 is 17.7 Å². The summed E-state index contributed by atoms with van der Waals surface area (Å²) in [7, 11) is 1.76. The van der Waals surface area contributed by atoms with Crippen molar-refractivity contribution in [1.29, 1.82) is 0 Å². The molecule has 3 rings (SSSR count). The van der Waals surface area contributed by atoms with Crippen molar-refractivity contribution in [3.63, 3.8) is 0 Å². The highest BCUT2D eigenvalue weighted by molar-refractivity contribution is 7.98. The highest BCUT2D eigenvalue weighted by atomic mass is 32.2. The fourth-order valence-electron chi connectivity index (χ4n) is 2.60. The summed E-state index contributed by atoms with van der Waals surface area (Å²) in [6.07, 6.45) is 1.70. The summed E-state index contributed by atoms with van der Waals surface area (Å²) in [6, 6.07) is 7.35. The molecule has 0 aliphatic rings. The molecule has 136 valence electrons. The molecule has 1 amide bonds. The number of pyridine rings is 1. The molecule has 0 aromatic carbocycles. The van der Waals surface area contributed by atoms with E-state index in [1.165, 1.54) is 11.8 Å². The second kappa shape index (κ2) is 7.78. The fraction of sp³-hybridized carbons (Fsp3) is 0.316. The summed E-state index contributed by atoms with van der Waals surface area (Å²) in [4.78, 5) is 18.9. The lowest BCUT2D eigenvalue weighted by Gasteiger charge is -2.17. The molecular weight excluding hydrogens is 350 g/mol. The maximum Gasteiger partial charge on any atom is 0.256 e. The van der Waals surface area contributed by atoms with Gasteiger partial charge in [-0.2, -0.15) is 0 Å². The van der Waals surface area contributed by atoms with E-state index >= 15 is 0 Å². The molecule has 6 nitrogen and oxygen atoms in total. The van der Waals surface area contributed by atoms with Crippen molar-refractivity contribution in [3.05, 3.63) is 64.6 Å². The van der Waals surface area contributed by atoms with E-state index in [-0.39, 0.29) is 5.91 Å². The first-order valence-electron chi connectivity index (χ1n) is 8.26. The molecule has 3 heterocycles. The van der Waals surface area contributed by atoms with Gasteiger partial charge in [-0.1, -0.05) is 5.16 Å². The number of thioether (sulfide) groups is 1. The number of aryl methyl sites for hydroxylation is 3. The summed E-state index contributed by atoms with van der Waals surface area (Å²) in [5.74, 6) is 2.95. The van der Waals surface area contributed by atoms with Gasteiger partial charge in [0.2, 0.25) is 0 Å². The molecular formula is C19H21N3O3S. The number of furan rings is 1. The summed E-state index contributed by atoms with van der Waals surface area (Å²) in [6.45, 7) is 6.10. The zero-order chi connectivity index (χ0) is 18.7. The molecule has 3 aromatic heterocycles. The standard InChI is InChI=1S/C19H21N3O3S/c1-12-7-8-15(24-12)10-22(4)19(23)16-6-5-9-20-18(16)26-11-17-13(2)21-25-14(17)3/h5-9H,10-11H2,1-4H3. The SMILES string of the molecule is Cc1ccc(CN(C)C(=O)c2cccnc2SCc2c(C)noc2C)o1. The van der Waals surface area contributed by atoms with Crippen molar-refractivity contribution in [1.82, 2.24) is 15.0 Å². The first kappa shape index (κ1) is 18.3. The topological polar surface area (TPSA) is 72.4 Å². The summed E-state index contributed by atoms with van der Waals surface area (Å²) in [5, 5.41) is 4.66. The van der Waals surface area contributed by atoms with Crippen LogP contribution in [0.5, 0.6) is 0 Å². The Bertz CT molecular complexity index is 897. The van der Waals surface area contributed by atoms with Gasteiger partial charge in [0.05, 0.1) is 17.8 Å². The van der Waals surface area contributed by atoms with Crippen LogP contribution in [0.1, 0.15) is 38.9 Å². The number of carbonyl (C=O) groups is 1. The molecule has 26 heavy (non-hydrogen) atoms. The van der Waals surface area contributed by atoms with Crippen LogP contribution in [-0.2, 0) is 12.3 Å². The molecule has 7 heteroatoms. The fourth-order valence-corrected chi connectivity index (χ4v) is 3.74. The minimum absolute atomic E-state index is 0.0894. The van der Waals surface area contributed by atoms with Gasteiger partial charge in [0.25, 0.3) is 5.91 Å². The van der Waals surface area contributed by atoms with Gasteiger partial charge in [0, 0.05) is 24.6 Å². The van der Waals surface area contributed by atoms with Crippen molar-refractivity contribution in [3.8, 4) is 0 Å². The summed E-state index contributed by atoms with van der Waals surface area (Å²) in [5.41, 5.74) is 2.48. The predicted molar refractivity (Wildman–Crippen MR) is 99.0 cm³/mol. The third kappa shape index (κ3) is 3.99. The third-order valence-electron chi connectivity index (χ3n) is 4.07. The van der Waals surface area contributed by atoms with Crippen molar-refractivity contribution in [2.45, 2.75) is 38.1 Å². The average Bonchev–Trinajstić information content (AvgIpc) is 3.18. The van der Waals surface area contributed by atoms with Gasteiger partial charge < -0.3 is 13.8 Å². The van der Waals surface area contributed by atoms with E-state index in [9.17, 15) is 4.79 Å². The quantitative estimate of drug-likeness (QED) is 0.606. The van der Waals surface area contributed by atoms with Crippen molar-refractivity contribution in [2.24, 2.45) is 0 Å². The molecule has 0 aliphatic heterocycles. The van der Waals surface area contributed by atoms with Crippen LogP contribution in [0.3, 0.4) is 0 Å². The van der Waals surface area contributed by atoms with Gasteiger partial charge in [0.1, 0.15) is 22.3 Å². The Kier molecular flexibility index (Phi) is 5.46. The van der Waals surface area contributed by atoms with E-state index in [2.05, 4.69) is 10.1 Å². The van der Waals surface area contributed by atoms with E-state index in [1.807, 2.05) is 32.9 Å². The van der Waals surface area contributed by atoms with Gasteiger partial charge in [-0.25, -0.2) is 4.98 Å². The first-order valence-corrected chi connectivity index (χ1v) is 9.24. The minimum atomic E-state index is -0.0894. The molecule has 0 unspecified atom stereocenters. The van der Waals surface area contributed by atoms with Crippen LogP contribution in [0, 0.1) is 20.8 Å². The predicted octanol–water partition coefficient (Wildman–Crippen LogP) is 4.15. The number of rotatable bonds is 6. The van der Waals surface area contributed by atoms with E-state index in [0.717, 1.165) is 28.5 Å². The van der Waals surface area contributed by atoms with E-state index in [4.69, 9.17) is 8.94 Å². The molecule has 0 N–H and O–H groups in total. The van der Waals surface area contributed by atoms with E-state index in [1.54, 1.807) is 30.3 Å². The maximum absolute atomic E-state index is 12.9. The molecule has 0 aliphatic carbocycles. The smallest absolute Gasteiger partial charge is 0.256 e. The molecule has 0 saturated heterocycles. The van der Waals surface area contributed by atoms with Gasteiger partial charge in [-0.3, -0.25) is 4.79 Å². The highest BCUT2D eigenvalue weighted by Gasteiger charge is 2.19. The van der Waals surface area contributed by atoms with Gasteiger partial charge in [-0.15, -0.1) is 11.8 Å². The zero-order valence-electron chi connectivity index (χ0n) is 15.3. The lowest BCUT2D eigenvalue weighted by Crippen LogP contribution is -2.26. The lowest BCUT2D eigenvalue weighted by atomic mass is 10.2. The van der Waals surface area contributed by atoms with Gasteiger partial charge in [0.15, 0.2) is 0 Å². The largest absolute Gasteiger partial charge is 0.464 e. The molecule has 0 fully saturated rings. The Morgan fingerprint density at radius 3 is 2.69 bits per heavy atom. The number of amides is 1. The highest BCUT2D eigenvalue weighted by Crippen LogP contribution is 2.28. The van der Waals surface area contributed by atoms with Crippen LogP contribution in [0.15, 0.2) is 44.4 Å². The Balaban J connectivity index is 1.74. The number of hydrogen-bond acceptors (Lipinski definition) is 6. The van der Waals surface area contributed by atoms with Crippen LogP contribution in [0.4, 0.5) is 0 Å². The number of carbonyl (C=O) groups excluding carboxylic acids is 1. The van der Waals surface area contributed by atoms with Crippen molar-refractivity contribution in [2.75, 3.05) is 7.05 Å². The Labute approximate surface area is 156 Å². The Hall–Kier alpha value is -2.54. The van der Waals surface area contributed by atoms with Crippen LogP contribution in [-0.4, -0.2) is 28.0 Å². The van der Waals surface area contributed by atoms with Gasteiger partial charge in [-0.05, 0) is 45.0 Å². The van der Waals surface area contributed by atoms with E-state index < -0.39 is 0 Å². The molecule has 0 bridgehead atoms. The summed E-state index contributed by atoms with van der Waals surface area (Å²) < 4.78 is 10.8. The number of nitrogens with zero attached hydrogens (tertiary/aromatic N) is 3. The van der Waals surface area contributed by atoms with Crippen molar-refractivity contribution < 1.29 is 13.7 Å². The van der Waals surface area contributed by atoms with E-state index in [0.29, 0.717) is 22.9 Å². The van der Waals surface area contributed by atoms with Crippen LogP contribution in [0.2, 0.25) is 0 Å². The summed E-state index contributed by atoms with van der Waals surface area (Å²) >= 11 is 1.51. The molecule has 0 saturated carbocycles. The minimum Gasteiger partial charge on any atom is -0.464 e. The first-order chi connectivity index (χ1) is 12.5. The molecule has 0 spiro atoms. The Morgan fingerprint density at radius 2 is 2.04 bits per heavy atom. The molecule has 0 radical (unpaired) electrons. The van der Waals surface area contributed by atoms with Crippen LogP contribution >= 0.6 is 11.8 Å². The third-order valence-corrected chi connectivity index (χ3v) is 5.10. The lowest BCUT2D eigenvalue weighted by molar-refractivity contribution is 0.0770. The molecule has 3 aromatic rings. The van der Waals surface area contributed by atoms with Gasteiger partial charge >= 0.3 is 0 Å².